The molecule has 0 aliphatic heterocycles. The maximum absolute atomic E-state index is 13.7. The van der Waals surface area contributed by atoms with Gasteiger partial charge >= 0.3 is 0 Å². The Kier molecular flexibility index (Phi) is 8.21. The van der Waals surface area contributed by atoms with Crippen LogP contribution >= 0.6 is 0 Å². The molecule has 4 aromatic rings. The molecule has 4 rings (SSSR count). The first-order valence-electron chi connectivity index (χ1n) is 12.7. The van der Waals surface area contributed by atoms with E-state index in [1.165, 1.54) is 16.8 Å². The number of hydrogen-bond acceptors (Lipinski definition) is 8. The summed E-state index contributed by atoms with van der Waals surface area (Å²) in [6.07, 6.45) is 5.37. The molecular weight excluding hydrogens is 514 g/mol. The second kappa shape index (κ2) is 11.6. The Hall–Kier alpha value is -4.36. The standard InChI is InChI=1S/C29H29N5O4S/c1-4-6-12-25-33-28(35)27(29(36)34(25)24(5-2)21-10-7-9-20(16-21)17-30)39(37,38)26-14-13-22(18-32-26)23-11-8-15-31-19(23)3/h7-11,13-16,18,24,36H,4-6,12H2,1-3H3. The molecule has 0 bridgehead atoms. The first kappa shape index (κ1) is 27.7. The molecule has 1 aromatic carbocycles. The van der Waals surface area contributed by atoms with Gasteiger partial charge in [0.15, 0.2) is 5.03 Å². The van der Waals surface area contributed by atoms with Gasteiger partial charge in [-0.2, -0.15) is 10.2 Å². The van der Waals surface area contributed by atoms with E-state index in [0.717, 1.165) is 17.7 Å². The Balaban J connectivity index is 1.88. The van der Waals surface area contributed by atoms with Crippen molar-refractivity contribution in [3.05, 3.63) is 93.9 Å². The fraction of sp³-hybridized carbons (Fsp3) is 0.276. The number of unbranched alkanes of at least 4 members (excludes halogenated alkanes) is 1. The molecule has 10 heteroatoms. The summed E-state index contributed by atoms with van der Waals surface area (Å²) in [5.74, 6) is -0.410. The lowest BCUT2D eigenvalue weighted by atomic mass is 10.0. The van der Waals surface area contributed by atoms with E-state index in [2.05, 4.69) is 21.0 Å². The minimum absolute atomic E-state index is 0.280. The fourth-order valence-corrected chi connectivity index (χ4v) is 5.86. The first-order valence-corrected chi connectivity index (χ1v) is 14.2. The summed E-state index contributed by atoms with van der Waals surface area (Å²) >= 11 is 0. The molecule has 0 saturated carbocycles. The smallest absolute Gasteiger partial charge is 0.296 e. The van der Waals surface area contributed by atoms with E-state index < -0.39 is 32.2 Å². The zero-order valence-electron chi connectivity index (χ0n) is 22.0. The van der Waals surface area contributed by atoms with Gasteiger partial charge in [-0.3, -0.25) is 14.3 Å². The lowest BCUT2D eigenvalue weighted by Gasteiger charge is -2.25. The number of aromatic nitrogens is 4. The molecule has 0 aliphatic carbocycles. The number of benzene rings is 1. The zero-order valence-corrected chi connectivity index (χ0v) is 22.8. The number of nitriles is 1. The minimum Gasteiger partial charge on any atom is -0.493 e. The quantitative estimate of drug-likeness (QED) is 0.319. The molecule has 3 heterocycles. The Morgan fingerprint density at radius 3 is 2.54 bits per heavy atom. The normalized spacial score (nSPS) is 12.2. The van der Waals surface area contributed by atoms with Gasteiger partial charge in [0.05, 0.1) is 17.7 Å². The van der Waals surface area contributed by atoms with Crippen LogP contribution in [0.3, 0.4) is 0 Å². The van der Waals surface area contributed by atoms with E-state index in [-0.39, 0.29) is 10.9 Å². The molecule has 0 aliphatic rings. The SMILES string of the molecule is CCCCc1nc(=O)c(S(=O)(=O)c2ccc(-c3cccnc3C)cn2)c(O)n1C(CC)c1cccc(C#N)c1. The van der Waals surface area contributed by atoms with Gasteiger partial charge in [0, 0.05) is 35.6 Å². The van der Waals surface area contributed by atoms with Crippen molar-refractivity contribution in [3.63, 3.8) is 0 Å². The Bertz CT molecular complexity index is 1710. The third-order valence-electron chi connectivity index (χ3n) is 6.59. The number of hydrogen-bond donors (Lipinski definition) is 1. The third kappa shape index (κ3) is 5.45. The van der Waals surface area contributed by atoms with Crippen molar-refractivity contribution in [1.29, 1.82) is 5.26 Å². The van der Waals surface area contributed by atoms with Gasteiger partial charge < -0.3 is 5.11 Å². The zero-order chi connectivity index (χ0) is 28.2. The number of pyridine rings is 2. The molecule has 1 atom stereocenters. The summed E-state index contributed by atoms with van der Waals surface area (Å²) < 4.78 is 28.8. The van der Waals surface area contributed by atoms with Gasteiger partial charge in [0.25, 0.3) is 5.56 Å². The predicted molar refractivity (Wildman–Crippen MR) is 146 cm³/mol. The molecule has 0 fully saturated rings. The molecular formula is C29H29N5O4S. The highest BCUT2D eigenvalue weighted by Gasteiger charge is 2.32. The number of aryl methyl sites for hydroxylation is 2. The molecule has 0 saturated heterocycles. The minimum atomic E-state index is -4.53. The number of rotatable bonds is 9. The van der Waals surface area contributed by atoms with Crippen LogP contribution in [-0.2, 0) is 16.3 Å². The van der Waals surface area contributed by atoms with Crippen LogP contribution in [0.4, 0.5) is 0 Å². The van der Waals surface area contributed by atoms with Gasteiger partial charge in [-0.05, 0) is 55.7 Å². The van der Waals surface area contributed by atoms with Crippen molar-refractivity contribution in [2.75, 3.05) is 0 Å². The molecule has 0 spiro atoms. The van der Waals surface area contributed by atoms with Crippen LogP contribution in [0, 0.1) is 18.3 Å². The summed E-state index contributed by atoms with van der Waals surface area (Å²) in [4.78, 5) is 24.8. The van der Waals surface area contributed by atoms with E-state index >= 15 is 0 Å². The van der Waals surface area contributed by atoms with Crippen LogP contribution in [0.15, 0.2) is 75.6 Å². The average molecular weight is 544 g/mol. The maximum Gasteiger partial charge on any atom is 0.296 e. The van der Waals surface area contributed by atoms with E-state index in [1.54, 1.807) is 42.6 Å². The van der Waals surface area contributed by atoms with E-state index in [0.29, 0.717) is 36.0 Å². The fourth-order valence-electron chi connectivity index (χ4n) is 4.60. The Morgan fingerprint density at radius 2 is 1.90 bits per heavy atom. The molecule has 1 N–H and O–H groups in total. The van der Waals surface area contributed by atoms with Crippen molar-refractivity contribution in [2.45, 2.75) is 62.4 Å². The van der Waals surface area contributed by atoms with Crippen LogP contribution < -0.4 is 5.56 Å². The van der Waals surface area contributed by atoms with Gasteiger partial charge in [-0.25, -0.2) is 13.4 Å². The Morgan fingerprint density at radius 1 is 1.10 bits per heavy atom. The third-order valence-corrected chi connectivity index (χ3v) is 8.27. The summed E-state index contributed by atoms with van der Waals surface area (Å²) in [7, 11) is -4.53. The molecule has 3 aromatic heterocycles. The van der Waals surface area contributed by atoms with E-state index in [1.807, 2.05) is 26.8 Å². The monoisotopic (exact) mass is 543 g/mol. The molecule has 39 heavy (non-hydrogen) atoms. The summed E-state index contributed by atoms with van der Waals surface area (Å²) in [6.45, 7) is 5.69. The number of nitrogens with zero attached hydrogens (tertiary/aromatic N) is 5. The van der Waals surface area contributed by atoms with Gasteiger partial charge in [0.2, 0.25) is 20.6 Å². The molecule has 200 valence electrons. The maximum atomic E-state index is 13.7. The van der Waals surface area contributed by atoms with E-state index in [4.69, 9.17) is 0 Å². The van der Waals surface area contributed by atoms with Crippen molar-refractivity contribution < 1.29 is 13.5 Å². The summed E-state index contributed by atoms with van der Waals surface area (Å²) in [5.41, 5.74) is 2.30. The summed E-state index contributed by atoms with van der Waals surface area (Å²) in [6, 6.07) is 14.9. The molecule has 0 amide bonds. The lowest BCUT2D eigenvalue weighted by molar-refractivity contribution is 0.358. The molecule has 9 nitrogen and oxygen atoms in total. The van der Waals surface area contributed by atoms with Crippen LogP contribution in [0.1, 0.15) is 61.8 Å². The van der Waals surface area contributed by atoms with Crippen LogP contribution in [0.5, 0.6) is 5.88 Å². The lowest BCUT2D eigenvalue weighted by Crippen LogP contribution is -2.27. The highest BCUT2D eigenvalue weighted by molar-refractivity contribution is 7.91. The largest absolute Gasteiger partial charge is 0.493 e. The molecule has 0 radical (unpaired) electrons. The van der Waals surface area contributed by atoms with Gasteiger partial charge in [0.1, 0.15) is 5.82 Å². The summed E-state index contributed by atoms with van der Waals surface area (Å²) in [5, 5.41) is 20.5. The van der Waals surface area contributed by atoms with Crippen molar-refractivity contribution in [2.24, 2.45) is 0 Å². The van der Waals surface area contributed by atoms with Crippen molar-refractivity contribution in [3.8, 4) is 23.1 Å². The van der Waals surface area contributed by atoms with Crippen LogP contribution in [0.25, 0.3) is 11.1 Å². The van der Waals surface area contributed by atoms with Crippen LogP contribution in [-0.4, -0.2) is 33.0 Å². The van der Waals surface area contributed by atoms with Crippen molar-refractivity contribution >= 4 is 9.84 Å². The van der Waals surface area contributed by atoms with E-state index in [9.17, 15) is 23.6 Å². The second-order valence-electron chi connectivity index (χ2n) is 9.15. The number of aromatic hydroxyl groups is 1. The first-order chi connectivity index (χ1) is 18.7. The second-order valence-corrected chi connectivity index (χ2v) is 11.0. The highest BCUT2D eigenvalue weighted by atomic mass is 32.2. The van der Waals surface area contributed by atoms with Gasteiger partial charge in [-0.15, -0.1) is 0 Å². The highest BCUT2D eigenvalue weighted by Crippen LogP contribution is 2.33. The number of sulfone groups is 1. The topological polar surface area (TPSA) is 139 Å². The van der Waals surface area contributed by atoms with Gasteiger partial charge in [-0.1, -0.05) is 38.5 Å². The van der Waals surface area contributed by atoms with Crippen LogP contribution in [0.2, 0.25) is 0 Å². The Labute approximate surface area is 227 Å². The average Bonchev–Trinajstić information content (AvgIpc) is 2.94. The predicted octanol–water partition coefficient (Wildman–Crippen LogP) is 4.76. The van der Waals surface area contributed by atoms with Crippen molar-refractivity contribution in [1.82, 2.24) is 19.5 Å². The molecule has 1 unspecified atom stereocenters.